The molecule has 0 aliphatic heterocycles. The van der Waals surface area contributed by atoms with Crippen molar-refractivity contribution in [2.45, 2.75) is 19.9 Å². The van der Waals surface area contributed by atoms with Crippen LogP contribution in [0.5, 0.6) is 5.75 Å². The molecule has 1 N–H and O–H groups in total. The largest absolute Gasteiger partial charge is 0.492 e. The molecule has 2 amide bonds. The molecule has 5 nitrogen and oxygen atoms in total. The van der Waals surface area contributed by atoms with Gasteiger partial charge in [0.05, 0.1) is 24.1 Å². The lowest BCUT2D eigenvalue weighted by molar-refractivity contribution is -0.133. The number of hydrogen-bond donors (Lipinski definition) is 1. The van der Waals surface area contributed by atoms with Crippen molar-refractivity contribution in [3.05, 3.63) is 60.2 Å². The van der Waals surface area contributed by atoms with Crippen molar-refractivity contribution in [3.8, 4) is 5.75 Å². The predicted octanol–water partition coefficient (Wildman–Crippen LogP) is 3.32. The van der Waals surface area contributed by atoms with E-state index in [1.807, 2.05) is 61.5 Å². The lowest BCUT2D eigenvalue weighted by atomic mass is 10.2. The van der Waals surface area contributed by atoms with Crippen LogP contribution in [-0.2, 0) is 16.1 Å². The second-order valence-electron chi connectivity index (χ2n) is 6.55. The van der Waals surface area contributed by atoms with Crippen LogP contribution >= 0.6 is 0 Å². The summed E-state index contributed by atoms with van der Waals surface area (Å²) in [4.78, 5) is 26.8. The molecule has 3 rings (SSSR count). The first-order valence-electron chi connectivity index (χ1n) is 8.91. The zero-order valence-electron chi connectivity index (χ0n) is 15.1. The number of carbonyl (C=O) groups excluding carboxylic acids is 2. The highest BCUT2D eigenvalue weighted by Gasteiger charge is 2.49. The van der Waals surface area contributed by atoms with Crippen LogP contribution in [0.2, 0.25) is 0 Å². The fourth-order valence-electron chi connectivity index (χ4n) is 3.05. The maximum absolute atomic E-state index is 12.6. The maximum Gasteiger partial charge on any atom is 0.228 e. The van der Waals surface area contributed by atoms with Gasteiger partial charge in [-0.1, -0.05) is 42.5 Å². The number of nitrogens with zero attached hydrogens (tertiary/aromatic N) is 1. The molecular formula is C21H24N2O3. The SMILES string of the molecule is CCOc1ccccc1NC(=O)C1CC1C(=O)N(C)Cc1ccccc1. The average molecular weight is 352 g/mol. The van der Waals surface area contributed by atoms with Gasteiger partial charge in [0.25, 0.3) is 0 Å². The lowest BCUT2D eigenvalue weighted by Gasteiger charge is -2.17. The predicted molar refractivity (Wildman–Crippen MR) is 101 cm³/mol. The number of benzene rings is 2. The van der Waals surface area contributed by atoms with Crippen LogP contribution in [0, 0.1) is 11.8 Å². The highest BCUT2D eigenvalue weighted by atomic mass is 16.5. The summed E-state index contributed by atoms with van der Waals surface area (Å²) in [5.74, 6) is 0.0437. The third-order valence-corrected chi connectivity index (χ3v) is 4.53. The van der Waals surface area contributed by atoms with E-state index in [4.69, 9.17) is 4.74 Å². The van der Waals surface area contributed by atoms with Crippen molar-refractivity contribution in [3.63, 3.8) is 0 Å². The molecule has 0 heterocycles. The van der Waals surface area contributed by atoms with E-state index in [-0.39, 0.29) is 23.7 Å². The van der Waals surface area contributed by atoms with Crippen LogP contribution in [-0.4, -0.2) is 30.4 Å². The summed E-state index contributed by atoms with van der Waals surface area (Å²) in [7, 11) is 1.78. The van der Waals surface area contributed by atoms with Crippen molar-refractivity contribution >= 4 is 17.5 Å². The summed E-state index contributed by atoms with van der Waals surface area (Å²) in [6.07, 6.45) is 0.598. The molecule has 5 heteroatoms. The molecule has 1 fully saturated rings. The van der Waals surface area contributed by atoms with Gasteiger partial charge in [-0.05, 0) is 31.0 Å². The standard InChI is InChI=1S/C21H24N2O3/c1-3-26-19-12-8-7-11-18(19)22-20(24)16-13-17(16)21(25)23(2)14-15-9-5-4-6-10-15/h4-12,16-17H,3,13-14H2,1-2H3,(H,22,24). The molecule has 2 aromatic rings. The first-order chi connectivity index (χ1) is 12.6. The van der Waals surface area contributed by atoms with E-state index in [0.717, 1.165) is 5.56 Å². The second-order valence-corrected chi connectivity index (χ2v) is 6.55. The third kappa shape index (κ3) is 4.23. The second kappa shape index (κ2) is 8.04. The first-order valence-corrected chi connectivity index (χ1v) is 8.91. The molecule has 1 aliphatic carbocycles. The minimum absolute atomic E-state index is 0.0205. The fourth-order valence-corrected chi connectivity index (χ4v) is 3.05. The third-order valence-electron chi connectivity index (χ3n) is 4.53. The van der Waals surface area contributed by atoms with Gasteiger partial charge in [-0.2, -0.15) is 0 Å². The van der Waals surface area contributed by atoms with E-state index < -0.39 is 0 Å². The maximum atomic E-state index is 12.6. The Morgan fingerprint density at radius 1 is 1.08 bits per heavy atom. The van der Waals surface area contributed by atoms with Crippen LogP contribution < -0.4 is 10.1 Å². The molecule has 1 saturated carbocycles. The topological polar surface area (TPSA) is 58.6 Å². The number of nitrogens with one attached hydrogen (secondary N) is 1. The van der Waals surface area contributed by atoms with E-state index >= 15 is 0 Å². The highest BCUT2D eigenvalue weighted by Crippen LogP contribution is 2.41. The minimum atomic E-state index is -0.268. The van der Waals surface area contributed by atoms with Gasteiger partial charge < -0.3 is 15.0 Å². The molecule has 0 spiro atoms. The molecule has 1 aliphatic rings. The Labute approximate surface area is 154 Å². The van der Waals surface area contributed by atoms with Crippen molar-refractivity contribution in [1.29, 1.82) is 0 Å². The van der Waals surface area contributed by atoms with E-state index in [1.54, 1.807) is 11.9 Å². The summed E-state index contributed by atoms with van der Waals surface area (Å²) in [6, 6.07) is 17.2. The molecular weight excluding hydrogens is 328 g/mol. The Hall–Kier alpha value is -2.82. The monoisotopic (exact) mass is 352 g/mol. The van der Waals surface area contributed by atoms with Gasteiger partial charge in [-0.3, -0.25) is 9.59 Å². The number of anilines is 1. The summed E-state index contributed by atoms with van der Waals surface area (Å²) in [5, 5.41) is 2.90. The van der Waals surface area contributed by atoms with E-state index in [9.17, 15) is 9.59 Å². The van der Waals surface area contributed by atoms with Gasteiger partial charge in [-0.15, -0.1) is 0 Å². The molecule has 0 radical (unpaired) electrons. The van der Waals surface area contributed by atoms with Gasteiger partial charge >= 0.3 is 0 Å². The van der Waals surface area contributed by atoms with Gasteiger partial charge in [0, 0.05) is 13.6 Å². The van der Waals surface area contributed by atoms with Crippen LogP contribution in [0.3, 0.4) is 0 Å². The fraction of sp³-hybridized carbons (Fsp3) is 0.333. The molecule has 136 valence electrons. The molecule has 0 aromatic heterocycles. The van der Waals surface area contributed by atoms with Crippen molar-refractivity contribution in [2.75, 3.05) is 19.0 Å². The Morgan fingerprint density at radius 2 is 1.77 bits per heavy atom. The van der Waals surface area contributed by atoms with E-state index in [2.05, 4.69) is 5.32 Å². The number of carbonyl (C=O) groups is 2. The Balaban J connectivity index is 1.56. The number of amides is 2. The van der Waals surface area contributed by atoms with Crippen LogP contribution in [0.15, 0.2) is 54.6 Å². The first kappa shape index (κ1) is 18.0. The van der Waals surface area contributed by atoms with Crippen molar-refractivity contribution in [1.82, 2.24) is 4.90 Å². The van der Waals surface area contributed by atoms with Gasteiger partial charge in [-0.25, -0.2) is 0 Å². The van der Waals surface area contributed by atoms with E-state index in [0.29, 0.717) is 31.0 Å². The molecule has 0 bridgehead atoms. The average Bonchev–Trinajstić information content (AvgIpc) is 3.44. The zero-order chi connectivity index (χ0) is 18.5. The lowest BCUT2D eigenvalue weighted by Crippen LogP contribution is -2.29. The molecule has 2 aromatic carbocycles. The number of ether oxygens (including phenoxy) is 1. The highest BCUT2D eigenvalue weighted by molar-refractivity contribution is 6.00. The van der Waals surface area contributed by atoms with Gasteiger partial charge in [0.2, 0.25) is 11.8 Å². The Bertz CT molecular complexity index is 776. The quantitative estimate of drug-likeness (QED) is 0.832. The summed E-state index contributed by atoms with van der Waals surface area (Å²) in [6.45, 7) is 2.98. The zero-order valence-corrected chi connectivity index (χ0v) is 15.1. The van der Waals surface area contributed by atoms with Gasteiger partial charge in [0.15, 0.2) is 0 Å². The van der Waals surface area contributed by atoms with Crippen LogP contribution in [0.4, 0.5) is 5.69 Å². The minimum Gasteiger partial charge on any atom is -0.492 e. The van der Waals surface area contributed by atoms with Crippen molar-refractivity contribution < 1.29 is 14.3 Å². The Kier molecular flexibility index (Phi) is 5.56. The molecule has 0 saturated heterocycles. The smallest absolute Gasteiger partial charge is 0.228 e. The number of hydrogen-bond acceptors (Lipinski definition) is 3. The van der Waals surface area contributed by atoms with Crippen molar-refractivity contribution in [2.24, 2.45) is 11.8 Å². The van der Waals surface area contributed by atoms with Crippen LogP contribution in [0.1, 0.15) is 18.9 Å². The molecule has 26 heavy (non-hydrogen) atoms. The molecule has 2 unspecified atom stereocenters. The van der Waals surface area contributed by atoms with Crippen LogP contribution in [0.25, 0.3) is 0 Å². The summed E-state index contributed by atoms with van der Waals surface area (Å²) in [5.41, 5.74) is 1.73. The summed E-state index contributed by atoms with van der Waals surface area (Å²) >= 11 is 0. The Morgan fingerprint density at radius 3 is 2.50 bits per heavy atom. The normalized spacial score (nSPS) is 18.1. The molecule has 2 atom stereocenters. The number of para-hydroxylation sites is 2. The summed E-state index contributed by atoms with van der Waals surface area (Å²) < 4.78 is 5.53. The van der Waals surface area contributed by atoms with Gasteiger partial charge in [0.1, 0.15) is 5.75 Å². The van der Waals surface area contributed by atoms with E-state index in [1.165, 1.54) is 0 Å². The number of rotatable bonds is 7.